The van der Waals surface area contributed by atoms with Gasteiger partial charge in [-0.1, -0.05) is 6.92 Å². The normalized spacial score (nSPS) is 10.7. The van der Waals surface area contributed by atoms with Crippen LogP contribution in [-0.2, 0) is 23.9 Å². The van der Waals surface area contributed by atoms with Crippen LogP contribution in [0.2, 0.25) is 0 Å². The van der Waals surface area contributed by atoms with E-state index in [-0.39, 0.29) is 12.2 Å². The molecule has 0 heterocycles. The van der Waals surface area contributed by atoms with Crippen LogP contribution in [0, 0.1) is 0 Å². The second-order valence-corrected chi connectivity index (χ2v) is 3.36. The topological polar surface area (TPSA) is 89.9 Å². The zero-order chi connectivity index (χ0) is 14.6. The molecule has 0 spiro atoms. The molecule has 0 aromatic carbocycles. The van der Waals surface area contributed by atoms with Crippen LogP contribution in [0.15, 0.2) is 0 Å². The lowest BCUT2D eigenvalue weighted by Gasteiger charge is -2.04. The Hall–Kier alpha value is -1.43. The maximum absolute atomic E-state index is 10.5. The molecule has 0 radical (unpaired) electrons. The largest absolute Gasteiger partial charge is 0.466 e. The van der Waals surface area contributed by atoms with Crippen molar-refractivity contribution in [3.8, 4) is 0 Å². The Morgan fingerprint density at radius 3 is 1.89 bits per heavy atom. The summed E-state index contributed by atoms with van der Waals surface area (Å²) in [6, 6.07) is 0. The van der Waals surface area contributed by atoms with Crippen molar-refractivity contribution < 1.29 is 29.0 Å². The molecule has 1 atom stereocenters. The Morgan fingerprint density at radius 2 is 1.56 bits per heavy atom. The highest BCUT2D eigenvalue weighted by molar-refractivity contribution is 5.94. The summed E-state index contributed by atoms with van der Waals surface area (Å²) in [5.41, 5.74) is 0. The molecule has 0 aliphatic heterocycles. The molecular weight excluding hydrogens is 240 g/mol. The van der Waals surface area contributed by atoms with Crippen LogP contribution < -0.4 is 0 Å². The molecule has 0 saturated carbocycles. The Balaban J connectivity index is 0. The second kappa shape index (κ2) is 12.0. The maximum atomic E-state index is 10.5. The number of carbonyl (C=O) groups excluding carboxylic acids is 3. The van der Waals surface area contributed by atoms with Crippen LogP contribution in [0.1, 0.15) is 40.5 Å². The maximum Gasteiger partial charge on any atom is 0.334 e. The molecule has 0 amide bonds. The predicted molar refractivity (Wildman–Crippen MR) is 64.9 cm³/mol. The molecule has 0 aliphatic carbocycles. The molecule has 6 heteroatoms. The predicted octanol–water partition coefficient (Wildman–Crippen LogP) is 0.849. The van der Waals surface area contributed by atoms with Gasteiger partial charge in [-0.25, -0.2) is 4.79 Å². The Morgan fingerprint density at radius 1 is 1.06 bits per heavy atom. The van der Waals surface area contributed by atoms with Crippen LogP contribution in [0.25, 0.3) is 0 Å². The Bertz CT molecular complexity index is 261. The van der Waals surface area contributed by atoms with E-state index in [1.807, 2.05) is 0 Å². The lowest BCUT2D eigenvalue weighted by Crippen LogP contribution is -2.21. The van der Waals surface area contributed by atoms with Gasteiger partial charge in [0.25, 0.3) is 0 Å². The first kappa shape index (κ1) is 18.9. The molecule has 1 unspecified atom stereocenters. The first-order valence-corrected chi connectivity index (χ1v) is 5.88. The number of hydrogen-bond donors (Lipinski definition) is 1. The molecule has 0 aromatic heterocycles. The average Bonchev–Trinajstić information content (AvgIpc) is 2.28. The zero-order valence-electron chi connectivity index (χ0n) is 11.4. The van der Waals surface area contributed by atoms with Gasteiger partial charge in [-0.2, -0.15) is 0 Å². The van der Waals surface area contributed by atoms with Crippen LogP contribution in [-0.4, -0.2) is 42.1 Å². The minimum absolute atomic E-state index is 0.103. The standard InChI is InChI=1S/C6H10O3.C6H12O3/c1-3-9-6(8)4-5(2)7;1-3-5(7)6(8)9-4-2/h3-4H2,1-2H3;5,7H,3-4H2,1-2H3. The highest BCUT2D eigenvalue weighted by Crippen LogP contribution is 1.92. The van der Waals surface area contributed by atoms with Crippen molar-refractivity contribution in [3.63, 3.8) is 0 Å². The molecule has 1 N–H and O–H groups in total. The number of esters is 2. The first-order chi connectivity index (χ1) is 8.38. The minimum atomic E-state index is -0.940. The molecule has 6 nitrogen and oxygen atoms in total. The fourth-order valence-corrected chi connectivity index (χ4v) is 0.820. The number of hydrogen-bond acceptors (Lipinski definition) is 6. The summed E-state index contributed by atoms with van der Waals surface area (Å²) in [5, 5.41) is 8.78. The molecule has 0 aromatic rings. The summed E-state index contributed by atoms with van der Waals surface area (Å²) in [7, 11) is 0. The summed E-state index contributed by atoms with van der Waals surface area (Å²) in [4.78, 5) is 31.1. The number of carbonyl (C=O) groups is 3. The van der Waals surface area contributed by atoms with Gasteiger partial charge in [0.15, 0.2) is 6.10 Å². The zero-order valence-corrected chi connectivity index (χ0v) is 11.4. The van der Waals surface area contributed by atoms with Crippen molar-refractivity contribution in [2.24, 2.45) is 0 Å². The van der Waals surface area contributed by atoms with Crippen molar-refractivity contribution in [1.82, 2.24) is 0 Å². The van der Waals surface area contributed by atoms with E-state index in [0.29, 0.717) is 19.6 Å². The molecule has 106 valence electrons. The van der Waals surface area contributed by atoms with Crippen molar-refractivity contribution in [1.29, 1.82) is 0 Å². The summed E-state index contributed by atoms with van der Waals surface area (Å²) >= 11 is 0. The molecule has 0 aliphatic rings. The van der Waals surface area contributed by atoms with Gasteiger partial charge in [0.05, 0.1) is 13.2 Å². The number of aliphatic hydroxyl groups excluding tert-OH is 1. The van der Waals surface area contributed by atoms with Gasteiger partial charge in [0, 0.05) is 0 Å². The van der Waals surface area contributed by atoms with Gasteiger partial charge < -0.3 is 14.6 Å². The van der Waals surface area contributed by atoms with Crippen LogP contribution >= 0.6 is 0 Å². The van der Waals surface area contributed by atoms with E-state index in [1.165, 1.54) is 6.92 Å². The molecule has 0 fully saturated rings. The summed E-state index contributed by atoms with van der Waals surface area (Å²) < 4.78 is 9.00. The number of rotatable bonds is 6. The average molecular weight is 262 g/mol. The summed E-state index contributed by atoms with van der Waals surface area (Å²) in [6.45, 7) is 7.17. The van der Waals surface area contributed by atoms with E-state index >= 15 is 0 Å². The van der Waals surface area contributed by atoms with Crippen LogP contribution in [0.5, 0.6) is 0 Å². The smallest absolute Gasteiger partial charge is 0.334 e. The van der Waals surface area contributed by atoms with E-state index in [4.69, 9.17) is 5.11 Å². The lowest BCUT2D eigenvalue weighted by atomic mass is 10.3. The third-order valence-corrected chi connectivity index (χ3v) is 1.64. The minimum Gasteiger partial charge on any atom is -0.466 e. The monoisotopic (exact) mass is 262 g/mol. The van der Waals surface area contributed by atoms with Gasteiger partial charge in [0.1, 0.15) is 12.2 Å². The highest BCUT2D eigenvalue weighted by atomic mass is 16.5. The quantitative estimate of drug-likeness (QED) is 0.563. The number of ether oxygens (including phenoxy) is 2. The van der Waals surface area contributed by atoms with Crippen molar-refractivity contribution >= 4 is 17.7 Å². The second-order valence-electron chi connectivity index (χ2n) is 3.36. The molecule has 0 bridgehead atoms. The number of aliphatic hydroxyl groups is 1. The van der Waals surface area contributed by atoms with Gasteiger partial charge in [0.2, 0.25) is 0 Å². The van der Waals surface area contributed by atoms with Gasteiger partial charge in [-0.15, -0.1) is 0 Å². The van der Waals surface area contributed by atoms with E-state index in [2.05, 4.69) is 9.47 Å². The van der Waals surface area contributed by atoms with Crippen LogP contribution in [0.3, 0.4) is 0 Å². The lowest BCUT2D eigenvalue weighted by molar-refractivity contribution is -0.153. The summed E-state index contributed by atoms with van der Waals surface area (Å²) in [5.74, 6) is -1.13. The van der Waals surface area contributed by atoms with E-state index < -0.39 is 18.0 Å². The summed E-state index contributed by atoms with van der Waals surface area (Å²) in [6.07, 6.45) is -0.628. The van der Waals surface area contributed by atoms with Crippen molar-refractivity contribution in [3.05, 3.63) is 0 Å². The molecule has 0 saturated heterocycles. The third kappa shape index (κ3) is 12.6. The molecule has 0 rings (SSSR count). The number of Topliss-reactive ketones (excluding diaryl/α,β-unsaturated/α-hetero) is 1. The first-order valence-electron chi connectivity index (χ1n) is 5.88. The van der Waals surface area contributed by atoms with Crippen molar-refractivity contribution in [2.45, 2.75) is 46.6 Å². The van der Waals surface area contributed by atoms with Crippen LogP contribution in [0.4, 0.5) is 0 Å². The Labute approximate surface area is 107 Å². The third-order valence-electron chi connectivity index (χ3n) is 1.64. The molecular formula is C12H22O6. The van der Waals surface area contributed by atoms with Crippen molar-refractivity contribution in [2.75, 3.05) is 13.2 Å². The highest BCUT2D eigenvalue weighted by Gasteiger charge is 2.11. The van der Waals surface area contributed by atoms with E-state index in [0.717, 1.165) is 0 Å². The fraction of sp³-hybridized carbons (Fsp3) is 0.750. The fourth-order valence-electron chi connectivity index (χ4n) is 0.820. The van der Waals surface area contributed by atoms with Gasteiger partial charge in [-0.05, 0) is 27.2 Å². The Kier molecular flexibility index (Phi) is 12.7. The van der Waals surface area contributed by atoms with Gasteiger partial charge in [-0.3, -0.25) is 9.59 Å². The molecule has 18 heavy (non-hydrogen) atoms. The van der Waals surface area contributed by atoms with E-state index in [9.17, 15) is 14.4 Å². The number of ketones is 1. The van der Waals surface area contributed by atoms with Gasteiger partial charge >= 0.3 is 11.9 Å². The van der Waals surface area contributed by atoms with E-state index in [1.54, 1.807) is 20.8 Å². The SMILES string of the molecule is CCOC(=O)C(O)CC.CCOC(=O)CC(C)=O.